The maximum Gasteiger partial charge on any atom is 0.264 e. The molecule has 0 aliphatic carbocycles. The number of fused-ring (bicyclic) bond motifs is 2. The van der Waals surface area contributed by atoms with Crippen LogP contribution >= 0.6 is 11.3 Å². The number of carbonyl (C=O) groups is 1. The van der Waals surface area contributed by atoms with Crippen molar-refractivity contribution in [3.8, 4) is 0 Å². The molecule has 0 saturated heterocycles. The molecule has 0 unspecified atom stereocenters. The second kappa shape index (κ2) is 8.03. The molecular weight excluding hydrogens is 442 g/mol. The van der Waals surface area contributed by atoms with Gasteiger partial charge in [-0.25, -0.2) is 13.4 Å². The number of carbonyl (C=O) groups excluding carboxylic acids is 1. The largest absolute Gasteiger partial charge is 0.298 e. The van der Waals surface area contributed by atoms with Crippen molar-refractivity contribution in [1.29, 1.82) is 0 Å². The van der Waals surface area contributed by atoms with Crippen LogP contribution in [0.1, 0.15) is 28.4 Å². The Bertz CT molecular complexity index is 1430. The van der Waals surface area contributed by atoms with Crippen LogP contribution in [0, 0.1) is 0 Å². The molecule has 3 aromatic carbocycles. The van der Waals surface area contributed by atoms with Crippen molar-refractivity contribution in [2.45, 2.75) is 24.7 Å². The Labute approximate surface area is 190 Å². The average Bonchev–Trinajstić information content (AvgIpc) is 3.43. The van der Waals surface area contributed by atoms with E-state index in [-0.39, 0.29) is 10.8 Å². The maximum atomic E-state index is 13.1. The Morgan fingerprint density at radius 1 is 1.06 bits per heavy atom. The predicted molar refractivity (Wildman–Crippen MR) is 128 cm³/mol. The molecule has 5 rings (SSSR count). The summed E-state index contributed by atoms with van der Waals surface area (Å²) in [5.41, 5.74) is 4.16. The molecule has 1 aromatic heterocycles. The summed E-state index contributed by atoms with van der Waals surface area (Å²) in [5, 5.41) is 3.36. The molecule has 8 heteroatoms. The topological polar surface area (TPSA) is 79.4 Å². The number of rotatable bonds is 5. The Morgan fingerprint density at radius 2 is 1.84 bits per heavy atom. The van der Waals surface area contributed by atoms with Gasteiger partial charge in [0.2, 0.25) is 0 Å². The molecule has 2 heterocycles. The highest BCUT2D eigenvalue weighted by Gasteiger charge is 2.30. The molecule has 0 saturated carbocycles. The molecular formula is C24H21N3O3S2. The molecule has 1 N–H and O–H groups in total. The molecule has 1 amide bonds. The standard InChI is InChI=1S/C24H21N3O3S2/c1-2-16-7-5-9-21-22(16)25-24(31-21)26-23(28)18-10-12-19(13-11-18)32(29,30)27-15-14-17-6-3-4-8-20(17)27/h3-13H,2,14-15H2,1H3,(H,25,26,28). The van der Waals surface area contributed by atoms with E-state index < -0.39 is 10.0 Å². The molecule has 32 heavy (non-hydrogen) atoms. The number of nitrogens with zero attached hydrogens (tertiary/aromatic N) is 2. The highest BCUT2D eigenvalue weighted by Crippen LogP contribution is 2.33. The Balaban J connectivity index is 1.36. The summed E-state index contributed by atoms with van der Waals surface area (Å²) < 4.78 is 28.7. The van der Waals surface area contributed by atoms with E-state index in [0.717, 1.165) is 33.5 Å². The lowest BCUT2D eigenvalue weighted by Gasteiger charge is -2.19. The van der Waals surface area contributed by atoms with Gasteiger partial charge in [-0.2, -0.15) is 0 Å². The second-order valence-corrected chi connectivity index (χ2v) is 10.5. The van der Waals surface area contributed by atoms with Gasteiger partial charge in [-0.1, -0.05) is 48.6 Å². The van der Waals surface area contributed by atoms with Gasteiger partial charge in [-0.3, -0.25) is 14.4 Å². The fraction of sp³-hybridized carbons (Fsp3) is 0.167. The summed E-state index contributed by atoms with van der Waals surface area (Å²) in [6.45, 7) is 2.49. The quantitative estimate of drug-likeness (QED) is 0.458. The van der Waals surface area contributed by atoms with Gasteiger partial charge in [0.05, 0.1) is 20.8 Å². The molecule has 0 atom stereocenters. The summed E-state index contributed by atoms with van der Waals surface area (Å²) >= 11 is 1.42. The van der Waals surface area contributed by atoms with E-state index in [1.165, 1.54) is 39.9 Å². The molecule has 1 aliphatic rings. The summed E-state index contributed by atoms with van der Waals surface area (Å²) in [6, 6.07) is 19.6. The number of anilines is 2. The van der Waals surface area contributed by atoms with Gasteiger partial charge >= 0.3 is 0 Å². The van der Waals surface area contributed by atoms with Gasteiger partial charge in [0.15, 0.2) is 5.13 Å². The molecule has 0 spiro atoms. The zero-order chi connectivity index (χ0) is 22.3. The Kier molecular flexibility index (Phi) is 5.19. The highest BCUT2D eigenvalue weighted by atomic mass is 32.2. The van der Waals surface area contributed by atoms with Crippen molar-refractivity contribution in [2.75, 3.05) is 16.2 Å². The normalized spacial score (nSPS) is 13.3. The predicted octanol–water partition coefficient (Wildman–Crippen LogP) is 4.86. The first-order chi connectivity index (χ1) is 15.5. The summed E-state index contributed by atoms with van der Waals surface area (Å²) in [7, 11) is -3.69. The minimum atomic E-state index is -3.69. The van der Waals surface area contributed by atoms with Crippen molar-refractivity contribution in [3.05, 3.63) is 83.4 Å². The van der Waals surface area contributed by atoms with Crippen molar-refractivity contribution >= 4 is 48.3 Å². The van der Waals surface area contributed by atoms with Gasteiger partial charge in [-0.15, -0.1) is 0 Å². The van der Waals surface area contributed by atoms with Crippen LogP contribution in [-0.2, 0) is 22.9 Å². The lowest BCUT2D eigenvalue weighted by Crippen LogP contribution is -2.29. The van der Waals surface area contributed by atoms with Crippen LogP contribution < -0.4 is 9.62 Å². The van der Waals surface area contributed by atoms with Gasteiger partial charge in [0, 0.05) is 12.1 Å². The number of hydrogen-bond acceptors (Lipinski definition) is 5. The first kappa shape index (κ1) is 20.7. The SMILES string of the molecule is CCc1cccc2sc(NC(=O)c3ccc(S(=O)(=O)N4CCc5ccccc54)cc3)nc12. The fourth-order valence-electron chi connectivity index (χ4n) is 3.98. The second-order valence-electron chi connectivity index (χ2n) is 7.57. The van der Waals surface area contributed by atoms with Crippen LogP contribution in [0.25, 0.3) is 10.2 Å². The molecule has 4 aromatic rings. The number of nitrogens with one attached hydrogen (secondary N) is 1. The smallest absolute Gasteiger partial charge is 0.264 e. The number of amides is 1. The zero-order valence-electron chi connectivity index (χ0n) is 17.4. The van der Waals surface area contributed by atoms with Crippen LogP contribution in [0.5, 0.6) is 0 Å². The van der Waals surface area contributed by atoms with Gasteiger partial charge < -0.3 is 0 Å². The highest BCUT2D eigenvalue weighted by molar-refractivity contribution is 7.92. The van der Waals surface area contributed by atoms with Crippen molar-refractivity contribution < 1.29 is 13.2 Å². The average molecular weight is 464 g/mol. The Hall–Kier alpha value is -3.23. The van der Waals surface area contributed by atoms with E-state index in [2.05, 4.69) is 17.2 Å². The number of benzene rings is 3. The lowest BCUT2D eigenvalue weighted by molar-refractivity contribution is 0.102. The summed E-state index contributed by atoms with van der Waals surface area (Å²) in [5.74, 6) is -0.322. The van der Waals surface area contributed by atoms with Crippen LogP contribution in [0.15, 0.2) is 71.6 Å². The molecule has 6 nitrogen and oxygen atoms in total. The minimum Gasteiger partial charge on any atom is -0.298 e. The van der Waals surface area contributed by atoms with Gasteiger partial charge in [-0.05, 0) is 60.4 Å². The Morgan fingerprint density at radius 3 is 2.62 bits per heavy atom. The van der Waals surface area contributed by atoms with E-state index in [1.807, 2.05) is 42.5 Å². The molecule has 162 valence electrons. The summed E-state index contributed by atoms with van der Waals surface area (Å²) in [6.07, 6.45) is 1.56. The van der Waals surface area contributed by atoms with Crippen LogP contribution in [0.3, 0.4) is 0 Å². The van der Waals surface area contributed by atoms with Gasteiger partial charge in [0.25, 0.3) is 15.9 Å². The van der Waals surface area contributed by atoms with Crippen LogP contribution in [0.4, 0.5) is 10.8 Å². The van der Waals surface area contributed by atoms with Gasteiger partial charge in [0.1, 0.15) is 0 Å². The van der Waals surface area contributed by atoms with Crippen molar-refractivity contribution in [1.82, 2.24) is 4.98 Å². The third kappa shape index (κ3) is 3.55. The van der Waals surface area contributed by atoms with E-state index in [1.54, 1.807) is 0 Å². The lowest BCUT2D eigenvalue weighted by atomic mass is 10.1. The molecule has 1 aliphatic heterocycles. The number of aryl methyl sites for hydroxylation is 1. The van der Waals surface area contributed by atoms with E-state index in [9.17, 15) is 13.2 Å². The minimum absolute atomic E-state index is 0.165. The number of para-hydroxylation sites is 2. The first-order valence-corrected chi connectivity index (χ1v) is 12.6. The van der Waals surface area contributed by atoms with E-state index >= 15 is 0 Å². The number of aromatic nitrogens is 1. The third-order valence-corrected chi connectivity index (χ3v) is 8.42. The zero-order valence-corrected chi connectivity index (χ0v) is 19.0. The molecule has 0 radical (unpaired) electrons. The summed E-state index contributed by atoms with van der Waals surface area (Å²) in [4.78, 5) is 17.5. The number of thiazole rings is 1. The third-order valence-electron chi connectivity index (χ3n) is 5.65. The van der Waals surface area contributed by atoms with Crippen LogP contribution in [-0.4, -0.2) is 25.9 Å². The first-order valence-electron chi connectivity index (χ1n) is 10.4. The molecule has 0 fully saturated rings. The fourth-order valence-corrected chi connectivity index (χ4v) is 6.39. The molecule has 0 bridgehead atoms. The van der Waals surface area contributed by atoms with Crippen LogP contribution in [0.2, 0.25) is 0 Å². The van der Waals surface area contributed by atoms with Crippen molar-refractivity contribution in [3.63, 3.8) is 0 Å². The number of sulfonamides is 1. The maximum absolute atomic E-state index is 13.1. The number of hydrogen-bond donors (Lipinski definition) is 1. The van der Waals surface area contributed by atoms with Crippen molar-refractivity contribution in [2.24, 2.45) is 0 Å². The monoisotopic (exact) mass is 463 g/mol. The van der Waals surface area contributed by atoms with E-state index in [0.29, 0.717) is 23.7 Å². The van der Waals surface area contributed by atoms with E-state index in [4.69, 9.17) is 0 Å².